The number of carbonyl (C=O) groups excluding carboxylic acids is 1. The van der Waals surface area contributed by atoms with Crippen molar-refractivity contribution in [3.8, 4) is 0 Å². The van der Waals surface area contributed by atoms with Gasteiger partial charge in [0.05, 0.1) is 17.6 Å². The molecule has 2 rings (SSSR count). The lowest BCUT2D eigenvalue weighted by atomic mass is 9.76. The molecule has 1 saturated carbocycles. The maximum Gasteiger partial charge on any atom is 0.226 e. The second-order valence-electron chi connectivity index (χ2n) is 6.15. The van der Waals surface area contributed by atoms with Gasteiger partial charge in [0.15, 0.2) is 0 Å². The van der Waals surface area contributed by atoms with Crippen molar-refractivity contribution in [2.75, 3.05) is 13.2 Å². The van der Waals surface area contributed by atoms with Gasteiger partial charge in [0.25, 0.3) is 0 Å². The van der Waals surface area contributed by atoms with Gasteiger partial charge in [-0.05, 0) is 32.1 Å². The van der Waals surface area contributed by atoms with E-state index in [-0.39, 0.29) is 23.5 Å². The molecule has 0 aromatic rings. The fraction of sp³-hybridized carbons (Fsp3) is 0.929. The largest absolute Gasteiger partial charge is 0.378 e. The van der Waals surface area contributed by atoms with Crippen LogP contribution in [0.5, 0.6) is 0 Å². The van der Waals surface area contributed by atoms with Crippen molar-refractivity contribution in [2.45, 2.75) is 57.6 Å². The Balaban J connectivity index is 1.99. The van der Waals surface area contributed by atoms with Crippen molar-refractivity contribution in [2.24, 2.45) is 17.6 Å². The van der Waals surface area contributed by atoms with Crippen LogP contribution < -0.4 is 11.1 Å². The Bertz CT molecular complexity index is 308. The molecule has 0 spiro atoms. The van der Waals surface area contributed by atoms with E-state index in [9.17, 15) is 4.79 Å². The van der Waals surface area contributed by atoms with Gasteiger partial charge in [-0.3, -0.25) is 4.79 Å². The molecule has 0 radical (unpaired) electrons. The molecule has 4 heteroatoms. The first kappa shape index (κ1) is 13.8. The number of nitrogens with one attached hydrogen (secondary N) is 1. The van der Waals surface area contributed by atoms with Crippen molar-refractivity contribution in [1.29, 1.82) is 0 Å². The number of nitrogens with two attached hydrogens (primary N) is 1. The molecule has 4 unspecified atom stereocenters. The van der Waals surface area contributed by atoms with Crippen molar-refractivity contribution < 1.29 is 9.53 Å². The maximum atomic E-state index is 12.3. The van der Waals surface area contributed by atoms with E-state index in [4.69, 9.17) is 10.5 Å². The minimum Gasteiger partial charge on any atom is -0.378 e. The number of ether oxygens (including phenoxy) is 1. The maximum absolute atomic E-state index is 12.3. The lowest BCUT2D eigenvalue weighted by molar-refractivity contribution is -0.128. The highest BCUT2D eigenvalue weighted by molar-refractivity contribution is 5.80. The summed E-state index contributed by atoms with van der Waals surface area (Å²) in [7, 11) is 0. The van der Waals surface area contributed by atoms with Crippen LogP contribution in [0, 0.1) is 11.8 Å². The van der Waals surface area contributed by atoms with Crippen LogP contribution in [0.3, 0.4) is 0 Å². The molecule has 4 atom stereocenters. The third-order valence-electron chi connectivity index (χ3n) is 4.58. The molecule has 2 aliphatic rings. The monoisotopic (exact) mass is 254 g/mol. The molecule has 0 aromatic carbocycles. The first-order valence-electron chi connectivity index (χ1n) is 7.20. The van der Waals surface area contributed by atoms with E-state index in [2.05, 4.69) is 12.2 Å². The van der Waals surface area contributed by atoms with Crippen LogP contribution in [0.1, 0.15) is 46.0 Å². The van der Waals surface area contributed by atoms with Crippen LogP contribution in [0.4, 0.5) is 0 Å². The van der Waals surface area contributed by atoms with Gasteiger partial charge in [-0.25, -0.2) is 0 Å². The molecule has 4 nitrogen and oxygen atoms in total. The van der Waals surface area contributed by atoms with Gasteiger partial charge >= 0.3 is 0 Å². The molecule has 1 aliphatic carbocycles. The Morgan fingerprint density at radius 1 is 1.44 bits per heavy atom. The minimum atomic E-state index is -0.170. The quantitative estimate of drug-likeness (QED) is 0.801. The van der Waals surface area contributed by atoms with Gasteiger partial charge in [0, 0.05) is 13.2 Å². The minimum absolute atomic E-state index is 0.00524. The first-order valence-corrected chi connectivity index (χ1v) is 7.20. The lowest BCUT2D eigenvalue weighted by Crippen LogP contribution is -2.57. The summed E-state index contributed by atoms with van der Waals surface area (Å²) in [6.45, 7) is 5.48. The molecule has 104 valence electrons. The molecule has 1 saturated heterocycles. The summed E-state index contributed by atoms with van der Waals surface area (Å²) in [5.41, 5.74) is 5.77. The van der Waals surface area contributed by atoms with Crippen LogP contribution in [-0.4, -0.2) is 30.7 Å². The SMILES string of the molecule is CC1CCCC(CN)(NC(=O)C2CCOC2C)C1. The number of hydrogen-bond donors (Lipinski definition) is 2. The Morgan fingerprint density at radius 3 is 2.78 bits per heavy atom. The summed E-state index contributed by atoms with van der Waals surface area (Å²) in [6.07, 6.45) is 5.32. The Labute approximate surface area is 110 Å². The zero-order valence-electron chi connectivity index (χ0n) is 11.6. The Hall–Kier alpha value is -0.610. The van der Waals surface area contributed by atoms with E-state index in [0.717, 1.165) is 25.7 Å². The van der Waals surface area contributed by atoms with E-state index < -0.39 is 0 Å². The van der Waals surface area contributed by atoms with E-state index in [1.54, 1.807) is 0 Å². The van der Waals surface area contributed by atoms with Crippen LogP contribution in [-0.2, 0) is 9.53 Å². The highest BCUT2D eigenvalue weighted by atomic mass is 16.5. The molecular formula is C14H26N2O2. The molecule has 3 N–H and O–H groups in total. The molecule has 0 aromatic heterocycles. The molecule has 2 fully saturated rings. The predicted octanol–water partition coefficient (Wildman–Crippen LogP) is 1.44. The first-order chi connectivity index (χ1) is 8.56. The number of carbonyl (C=O) groups is 1. The normalized spacial score (nSPS) is 40.7. The molecular weight excluding hydrogens is 228 g/mol. The summed E-state index contributed by atoms with van der Waals surface area (Å²) < 4.78 is 5.47. The van der Waals surface area contributed by atoms with E-state index in [0.29, 0.717) is 19.1 Å². The zero-order chi connectivity index (χ0) is 13.2. The summed E-state index contributed by atoms with van der Waals surface area (Å²) >= 11 is 0. The Kier molecular flexibility index (Phi) is 4.28. The lowest BCUT2D eigenvalue weighted by Gasteiger charge is -2.40. The summed E-state index contributed by atoms with van der Waals surface area (Å²) in [5.74, 6) is 0.796. The fourth-order valence-corrected chi connectivity index (χ4v) is 3.44. The van der Waals surface area contributed by atoms with Crippen molar-refractivity contribution in [1.82, 2.24) is 5.32 Å². The van der Waals surface area contributed by atoms with E-state index >= 15 is 0 Å². The zero-order valence-corrected chi connectivity index (χ0v) is 11.6. The molecule has 1 heterocycles. The van der Waals surface area contributed by atoms with Crippen LogP contribution in [0.2, 0.25) is 0 Å². The van der Waals surface area contributed by atoms with Gasteiger partial charge in [0.1, 0.15) is 0 Å². The standard InChI is InChI=1S/C14H26N2O2/c1-10-4-3-6-14(8-10,9-15)16-13(17)12-5-7-18-11(12)2/h10-12H,3-9,15H2,1-2H3,(H,16,17). The predicted molar refractivity (Wildman–Crippen MR) is 71.1 cm³/mol. The molecule has 18 heavy (non-hydrogen) atoms. The van der Waals surface area contributed by atoms with Crippen LogP contribution in [0.15, 0.2) is 0 Å². The number of hydrogen-bond acceptors (Lipinski definition) is 3. The average molecular weight is 254 g/mol. The summed E-state index contributed by atoms with van der Waals surface area (Å²) in [5, 5.41) is 3.24. The van der Waals surface area contributed by atoms with Gasteiger partial charge < -0.3 is 15.8 Å². The Morgan fingerprint density at radius 2 is 2.22 bits per heavy atom. The van der Waals surface area contributed by atoms with Crippen molar-refractivity contribution >= 4 is 5.91 Å². The summed E-state index contributed by atoms with van der Waals surface area (Å²) in [6, 6.07) is 0. The third kappa shape index (κ3) is 2.86. The number of rotatable bonds is 3. The topological polar surface area (TPSA) is 64.3 Å². The molecule has 1 aliphatic heterocycles. The van der Waals surface area contributed by atoms with E-state index in [1.807, 2.05) is 6.92 Å². The second-order valence-corrected chi connectivity index (χ2v) is 6.15. The van der Waals surface area contributed by atoms with Crippen LogP contribution >= 0.6 is 0 Å². The van der Waals surface area contributed by atoms with Gasteiger partial charge in [-0.15, -0.1) is 0 Å². The average Bonchev–Trinajstić information content (AvgIpc) is 2.75. The van der Waals surface area contributed by atoms with Crippen LogP contribution in [0.25, 0.3) is 0 Å². The smallest absolute Gasteiger partial charge is 0.226 e. The second kappa shape index (κ2) is 5.57. The van der Waals surface area contributed by atoms with Gasteiger partial charge in [-0.2, -0.15) is 0 Å². The van der Waals surface area contributed by atoms with Gasteiger partial charge in [0.2, 0.25) is 5.91 Å². The summed E-state index contributed by atoms with van der Waals surface area (Å²) in [4.78, 5) is 12.3. The van der Waals surface area contributed by atoms with Gasteiger partial charge in [-0.1, -0.05) is 19.8 Å². The highest BCUT2D eigenvalue weighted by Gasteiger charge is 2.39. The molecule has 0 bridgehead atoms. The number of amides is 1. The third-order valence-corrected chi connectivity index (χ3v) is 4.58. The fourth-order valence-electron chi connectivity index (χ4n) is 3.44. The van der Waals surface area contributed by atoms with Crippen molar-refractivity contribution in [3.05, 3.63) is 0 Å². The van der Waals surface area contributed by atoms with Crippen molar-refractivity contribution in [3.63, 3.8) is 0 Å². The van der Waals surface area contributed by atoms with E-state index in [1.165, 1.54) is 6.42 Å². The molecule has 1 amide bonds. The highest BCUT2D eigenvalue weighted by Crippen LogP contribution is 2.32.